The lowest BCUT2D eigenvalue weighted by Gasteiger charge is -2.05. The van der Waals surface area contributed by atoms with Gasteiger partial charge in [-0.1, -0.05) is 6.07 Å². The zero-order chi connectivity index (χ0) is 9.42. The third kappa shape index (κ3) is 1.12. The van der Waals surface area contributed by atoms with Crippen molar-refractivity contribution < 1.29 is 9.53 Å². The van der Waals surface area contributed by atoms with Crippen LogP contribution in [0.4, 0.5) is 0 Å². The number of cyclic esters (lactones) is 1. The molecule has 0 bridgehead atoms. The van der Waals surface area contributed by atoms with Crippen molar-refractivity contribution in [3.8, 4) is 0 Å². The van der Waals surface area contributed by atoms with Gasteiger partial charge in [-0.2, -0.15) is 0 Å². The Hall–Kier alpha value is -1.35. The lowest BCUT2D eigenvalue weighted by Crippen LogP contribution is -2.02. The number of hydrogen-bond acceptors (Lipinski definition) is 3. The maximum atomic E-state index is 11.2. The van der Waals surface area contributed by atoms with Crippen LogP contribution < -0.4 is 5.73 Å². The molecular formula is C10H11NO2. The predicted molar refractivity (Wildman–Crippen MR) is 48.2 cm³/mol. The van der Waals surface area contributed by atoms with Gasteiger partial charge in [0.1, 0.15) is 6.61 Å². The molecule has 13 heavy (non-hydrogen) atoms. The second-order valence-electron chi connectivity index (χ2n) is 3.16. The molecule has 3 nitrogen and oxygen atoms in total. The van der Waals surface area contributed by atoms with Crippen LogP contribution in [0.25, 0.3) is 0 Å². The van der Waals surface area contributed by atoms with Gasteiger partial charge in [-0.25, -0.2) is 4.79 Å². The molecule has 0 unspecified atom stereocenters. The number of nitrogens with two attached hydrogens (primary N) is 1. The standard InChI is InChI=1S/C10H11NO2/c1-6-7(4-11)2-3-8-9(6)5-13-10(8)12/h2-3H,4-5,11H2,1H3. The smallest absolute Gasteiger partial charge is 0.338 e. The van der Waals surface area contributed by atoms with E-state index in [1.54, 1.807) is 6.07 Å². The summed E-state index contributed by atoms with van der Waals surface area (Å²) < 4.78 is 4.92. The molecule has 2 N–H and O–H groups in total. The van der Waals surface area contributed by atoms with Gasteiger partial charge >= 0.3 is 5.97 Å². The van der Waals surface area contributed by atoms with E-state index in [0.717, 1.165) is 16.7 Å². The van der Waals surface area contributed by atoms with Gasteiger partial charge in [-0.15, -0.1) is 0 Å². The van der Waals surface area contributed by atoms with Gasteiger partial charge in [0.05, 0.1) is 5.56 Å². The summed E-state index contributed by atoms with van der Waals surface area (Å²) in [5.74, 6) is -0.221. The summed E-state index contributed by atoms with van der Waals surface area (Å²) in [7, 11) is 0. The summed E-state index contributed by atoms with van der Waals surface area (Å²) in [6, 6.07) is 3.68. The van der Waals surface area contributed by atoms with E-state index in [1.807, 2.05) is 13.0 Å². The Kier molecular flexibility index (Phi) is 1.81. The Morgan fingerprint density at radius 3 is 3.00 bits per heavy atom. The fourth-order valence-corrected chi connectivity index (χ4v) is 1.62. The maximum Gasteiger partial charge on any atom is 0.338 e. The van der Waals surface area contributed by atoms with E-state index in [1.165, 1.54) is 0 Å². The van der Waals surface area contributed by atoms with Gasteiger partial charge in [-0.05, 0) is 24.1 Å². The van der Waals surface area contributed by atoms with E-state index in [4.69, 9.17) is 10.5 Å². The van der Waals surface area contributed by atoms with Crippen LogP contribution in [0.15, 0.2) is 12.1 Å². The van der Waals surface area contributed by atoms with Crippen molar-refractivity contribution in [3.05, 3.63) is 34.4 Å². The average Bonchev–Trinajstić information content (AvgIpc) is 2.50. The monoisotopic (exact) mass is 177 g/mol. The number of carbonyl (C=O) groups excluding carboxylic acids is 1. The number of esters is 1. The zero-order valence-corrected chi connectivity index (χ0v) is 7.46. The summed E-state index contributed by atoms with van der Waals surface area (Å²) in [6.45, 7) is 2.88. The summed E-state index contributed by atoms with van der Waals surface area (Å²) in [6.07, 6.45) is 0. The number of hydrogen-bond donors (Lipinski definition) is 1. The van der Waals surface area contributed by atoms with E-state index < -0.39 is 0 Å². The second kappa shape index (κ2) is 2.85. The predicted octanol–water partition coefficient (Wildman–Crippen LogP) is 1.12. The molecule has 2 rings (SSSR count). The first-order valence-electron chi connectivity index (χ1n) is 4.22. The number of carbonyl (C=O) groups is 1. The Labute approximate surface area is 76.5 Å². The summed E-state index contributed by atoms with van der Waals surface area (Å²) in [5.41, 5.74) is 9.41. The summed E-state index contributed by atoms with van der Waals surface area (Å²) in [5, 5.41) is 0. The van der Waals surface area contributed by atoms with Crippen LogP contribution in [0.2, 0.25) is 0 Å². The third-order valence-electron chi connectivity index (χ3n) is 2.50. The second-order valence-corrected chi connectivity index (χ2v) is 3.16. The van der Waals surface area contributed by atoms with Crippen molar-refractivity contribution in [2.45, 2.75) is 20.1 Å². The topological polar surface area (TPSA) is 52.3 Å². The average molecular weight is 177 g/mol. The van der Waals surface area contributed by atoms with Crippen LogP contribution >= 0.6 is 0 Å². The van der Waals surface area contributed by atoms with Crippen LogP contribution in [0.5, 0.6) is 0 Å². The third-order valence-corrected chi connectivity index (χ3v) is 2.50. The van der Waals surface area contributed by atoms with Crippen molar-refractivity contribution in [2.24, 2.45) is 5.73 Å². The highest BCUT2D eigenvalue weighted by Gasteiger charge is 2.23. The van der Waals surface area contributed by atoms with E-state index in [-0.39, 0.29) is 5.97 Å². The normalized spacial score (nSPS) is 14.2. The molecule has 1 heterocycles. The first-order valence-corrected chi connectivity index (χ1v) is 4.22. The van der Waals surface area contributed by atoms with Crippen molar-refractivity contribution in [3.63, 3.8) is 0 Å². The molecule has 3 heteroatoms. The number of fused-ring (bicyclic) bond motifs is 1. The molecule has 1 aromatic carbocycles. The SMILES string of the molecule is Cc1c(CN)ccc2c1COC2=O. The van der Waals surface area contributed by atoms with Gasteiger partial charge in [0, 0.05) is 12.1 Å². The van der Waals surface area contributed by atoms with E-state index >= 15 is 0 Å². The van der Waals surface area contributed by atoms with Crippen molar-refractivity contribution in [2.75, 3.05) is 0 Å². The Bertz CT molecular complexity index is 371. The minimum absolute atomic E-state index is 0.221. The van der Waals surface area contributed by atoms with Gasteiger partial charge < -0.3 is 10.5 Å². The Balaban J connectivity index is 2.60. The molecule has 0 spiro atoms. The van der Waals surface area contributed by atoms with Crippen molar-refractivity contribution in [1.29, 1.82) is 0 Å². The molecule has 0 saturated carbocycles. The maximum absolute atomic E-state index is 11.2. The highest BCUT2D eigenvalue weighted by molar-refractivity contribution is 5.93. The summed E-state index contributed by atoms with van der Waals surface area (Å²) in [4.78, 5) is 11.2. The number of benzene rings is 1. The zero-order valence-electron chi connectivity index (χ0n) is 7.46. The first kappa shape index (κ1) is 8.26. The van der Waals surface area contributed by atoms with Crippen molar-refractivity contribution >= 4 is 5.97 Å². The Morgan fingerprint density at radius 2 is 2.31 bits per heavy atom. The summed E-state index contributed by atoms with van der Waals surface area (Å²) >= 11 is 0. The molecular weight excluding hydrogens is 166 g/mol. The molecule has 0 saturated heterocycles. The van der Waals surface area contributed by atoms with Gasteiger partial charge in [0.25, 0.3) is 0 Å². The van der Waals surface area contributed by atoms with Gasteiger partial charge in [0.15, 0.2) is 0 Å². The van der Waals surface area contributed by atoms with Crippen molar-refractivity contribution in [1.82, 2.24) is 0 Å². The molecule has 0 radical (unpaired) electrons. The lowest BCUT2D eigenvalue weighted by atomic mass is 9.99. The fraction of sp³-hybridized carbons (Fsp3) is 0.300. The molecule has 0 aliphatic carbocycles. The Morgan fingerprint density at radius 1 is 1.54 bits per heavy atom. The lowest BCUT2D eigenvalue weighted by molar-refractivity contribution is 0.0535. The molecule has 1 aromatic rings. The quantitative estimate of drug-likeness (QED) is 0.654. The van der Waals surface area contributed by atoms with E-state index in [9.17, 15) is 4.79 Å². The van der Waals surface area contributed by atoms with Gasteiger partial charge in [-0.3, -0.25) is 0 Å². The minimum Gasteiger partial charge on any atom is -0.457 e. The van der Waals surface area contributed by atoms with Gasteiger partial charge in [0.2, 0.25) is 0 Å². The van der Waals surface area contributed by atoms with E-state index in [2.05, 4.69) is 0 Å². The van der Waals surface area contributed by atoms with Crippen LogP contribution in [0.3, 0.4) is 0 Å². The van der Waals surface area contributed by atoms with Crippen LogP contribution in [0, 0.1) is 6.92 Å². The molecule has 0 amide bonds. The molecule has 0 atom stereocenters. The highest BCUT2D eigenvalue weighted by Crippen LogP contribution is 2.25. The first-order chi connectivity index (χ1) is 6.24. The molecule has 68 valence electrons. The molecule has 1 aliphatic heterocycles. The minimum atomic E-state index is -0.221. The molecule has 0 fully saturated rings. The largest absolute Gasteiger partial charge is 0.457 e. The molecule has 0 aromatic heterocycles. The highest BCUT2D eigenvalue weighted by atomic mass is 16.5. The molecule has 1 aliphatic rings. The van der Waals surface area contributed by atoms with Crippen LogP contribution in [0.1, 0.15) is 27.0 Å². The van der Waals surface area contributed by atoms with Crippen LogP contribution in [-0.4, -0.2) is 5.97 Å². The number of ether oxygens (including phenoxy) is 1. The fourth-order valence-electron chi connectivity index (χ4n) is 1.62. The van der Waals surface area contributed by atoms with E-state index in [0.29, 0.717) is 18.7 Å². The van der Waals surface area contributed by atoms with Crippen LogP contribution in [-0.2, 0) is 17.9 Å². The number of rotatable bonds is 1.